The maximum absolute atomic E-state index is 12.5. The van der Waals surface area contributed by atoms with E-state index in [0.29, 0.717) is 13.1 Å². The fourth-order valence-electron chi connectivity index (χ4n) is 2.16. The van der Waals surface area contributed by atoms with Crippen molar-refractivity contribution in [2.45, 2.75) is 19.1 Å². The second kappa shape index (κ2) is 5.66. The molecule has 0 saturated carbocycles. The molecule has 1 saturated heterocycles. The lowest BCUT2D eigenvalue weighted by molar-refractivity contribution is -0.129. The van der Waals surface area contributed by atoms with Gasteiger partial charge < -0.3 is 5.11 Å². The second-order valence-electron chi connectivity index (χ2n) is 4.69. The highest BCUT2D eigenvalue weighted by atomic mass is 19.4. The van der Waals surface area contributed by atoms with E-state index >= 15 is 0 Å². The molecule has 0 spiro atoms. The van der Waals surface area contributed by atoms with E-state index < -0.39 is 23.3 Å². The molecule has 1 aliphatic rings. The van der Waals surface area contributed by atoms with Crippen LogP contribution in [-0.4, -0.2) is 35.1 Å². The molecule has 1 aromatic carbocycles. The summed E-state index contributed by atoms with van der Waals surface area (Å²) in [6.45, 7) is 0.657. The normalized spacial score (nSPS) is 20.1. The van der Waals surface area contributed by atoms with Gasteiger partial charge in [0, 0.05) is 26.1 Å². The standard InChI is InChI=1S/C14H14F3NO2/c15-14(16,17)13(20)11-9-18(7-6-12(11)19)8-10-4-2-1-3-5-10/h1-5,20H,6-9H2. The quantitative estimate of drug-likeness (QED) is 0.671. The molecule has 3 nitrogen and oxygen atoms in total. The van der Waals surface area contributed by atoms with E-state index in [-0.39, 0.29) is 13.0 Å². The van der Waals surface area contributed by atoms with Gasteiger partial charge in [0.2, 0.25) is 5.76 Å². The average Bonchev–Trinajstić information content (AvgIpc) is 2.40. The zero-order valence-corrected chi connectivity index (χ0v) is 10.7. The molecule has 0 bridgehead atoms. The van der Waals surface area contributed by atoms with Crippen molar-refractivity contribution in [3.05, 3.63) is 47.2 Å². The second-order valence-corrected chi connectivity index (χ2v) is 4.69. The molecule has 1 heterocycles. The minimum atomic E-state index is -4.87. The lowest BCUT2D eigenvalue weighted by atomic mass is 10.0. The number of carbonyl (C=O) groups excluding carboxylic acids is 1. The molecule has 108 valence electrons. The first-order valence-corrected chi connectivity index (χ1v) is 6.16. The van der Waals surface area contributed by atoms with Crippen molar-refractivity contribution in [2.24, 2.45) is 0 Å². The first-order valence-electron chi connectivity index (χ1n) is 6.16. The van der Waals surface area contributed by atoms with Gasteiger partial charge in [-0.05, 0) is 5.56 Å². The molecular weight excluding hydrogens is 271 g/mol. The van der Waals surface area contributed by atoms with Crippen molar-refractivity contribution in [3.8, 4) is 0 Å². The molecular formula is C14H14F3NO2. The van der Waals surface area contributed by atoms with Gasteiger partial charge >= 0.3 is 6.18 Å². The van der Waals surface area contributed by atoms with Crippen LogP contribution in [0.4, 0.5) is 13.2 Å². The molecule has 1 fully saturated rings. The summed E-state index contributed by atoms with van der Waals surface area (Å²) in [5.41, 5.74) is 0.410. The number of nitrogens with zero attached hydrogens (tertiary/aromatic N) is 1. The Morgan fingerprint density at radius 3 is 2.50 bits per heavy atom. The Kier molecular flexibility index (Phi) is 4.13. The number of benzene rings is 1. The predicted molar refractivity (Wildman–Crippen MR) is 67.1 cm³/mol. The number of Topliss-reactive ketones (excluding diaryl/α,β-unsaturated/α-hetero) is 1. The zero-order valence-electron chi connectivity index (χ0n) is 10.7. The van der Waals surface area contributed by atoms with E-state index in [2.05, 4.69) is 0 Å². The van der Waals surface area contributed by atoms with Crippen molar-refractivity contribution in [1.82, 2.24) is 4.90 Å². The average molecular weight is 285 g/mol. The molecule has 0 atom stereocenters. The van der Waals surface area contributed by atoms with Crippen LogP contribution in [0.15, 0.2) is 41.7 Å². The number of hydrogen-bond donors (Lipinski definition) is 1. The third-order valence-electron chi connectivity index (χ3n) is 3.18. The molecule has 0 amide bonds. The predicted octanol–water partition coefficient (Wildman–Crippen LogP) is 2.84. The van der Waals surface area contributed by atoms with Gasteiger partial charge in [-0.15, -0.1) is 0 Å². The smallest absolute Gasteiger partial charge is 0.449 e. The van der Waals surface area contributed by atoms with Gasteiger partial charge in [-0.1, -0.05) is 30.3 Å². The number of allylic oxidation sites excluding steroid dienone is 1. The van der Waals surface area contributed by atoms with E-state index in [1.165, 1.54) is 0 Å². The van der Waals surface area contributed by atoms with Crippen molar-refractivity contribution < 1.29 is 23.1 Å². The Labute approximate surface area is 114 Å². The van der Waals surface area contributed by atoms with Crippen LogP contribution < -0.4 is 0 Å². The van der Waals surface area contributed by atoms with Crippen LogP contribution in [0.5, 0.6) is 0 Å². The molecule has 2 rings (SSSR count). The number of rotatable bonds is 2. The molecule has 0 aliphatic carbocycles. The Hall–Kier alpha value is -1.82. The maximum Gasteiger partial charge on any atom is 0.449 e. The van der Waals surface area contributed by atoms with Crippen LogP contribution in [-0.2, 0) is 11.3 Å². The van der Waals surface area contributed by atoms with Crippen molar-refractivity contribution in [1.29, 1.82) is 0 Å². The van der Waals surface area contributed by atoms with Crippen LogP contribution in [0, 0.1) is 0 Å². The minimum absolute atomic E-state index is 0.0116. The van der Waals surface area contributed by atoms with Crippen LogP contribution in [0.2, 0.25) is 0 Å². The number of halogens is 3. The molecule has 6 heteroatoms. The minimum Gasteiger partial charge on any atom is -0.504 e. The van der Waals surface area contributed by atoms with Gasteiger partial charge in [-0.2, -0.15) is 13.2 Å². The number of aliphatic hydroxyl groups excluding tert-OH is 1. The highest BCUT2D eigenvalue weighted by Crippen LogP contribution is 2.29. The topological polar surface area (TPSA) is 40.5 Å². The summed E-state index contributed by atoms with van der Waals surface area (Å²) >= 11 is 0. The van der Waals surface area contributed by atoms with Crippen LogP contribution in [0.25, 0.3) is 0 Å². The van der Waals surface area contributed by atoms with Crippen LogP contribution in [0.1, 0.15) is 12.0 Å². The number of piperidine rings is 1. The first kappa shape index (κ1) is 14.6. The number of hydrogen-bond acceptors (Lipinski definition) is 3. The van der Waals surface area contributed by atoms with Gasteiger partial charge in [0.25, 0.3) is 0 Å². The van der Waals surface area contributed by atoms with E-state index in [1.807, 2.05) is 30.3 Å². The number of carbonyl (C=O) groups is 1. The van der Waals surface area contributed by atoms with Gasteiger partial charge in [-0.3, -0.25) is 9.69 Å². The van der Waals surface area contributed by atoms with Crippen molar-refractivity contribution in [3.63, 3.8) is 0 Å². The van der Waals surface area contributed by atoms with E-state index in [4.69, 9.17) is 0 Å². The summed E-state index contributed by atoms with van der Waals surface area (Å²) in [6, 6.07) is 9.26. The molecule has 1 aliphatic heterocycles. The molecule has 20 heavy (non-hydrogen) atoms. The Bertz CT molecular complexity index is 523. The van der Waals surface area contributed by atoms with Crippen LogP contribution >= 0.6 is 0 Å². The van der Waals surface area contributed by atoms with Gasteiger partial charge in [0.05, 0.1) is 5.57 Å². The Balaban J connectivity index is 2.15. The van der Waals surface area contributed by atoms with Crippen LogP contribution in [0.3, 0.4) is 0 Å². The van der Waals surface area contributed by atoms with E-state index in [0.717, 1.165) is 5.56 Å². The Morgan fingerprint density at radius 1 is 1.25 bits per heavy atom. The lowest BCUT2D eigenvalue weighted by Gasteiger charge is -2.28. The molecule has 1 aromatic rings. The fraction of sp³-hybridized carbons (Fsp3) is 0.357. The fourth-order valence-corrected chi connectivity index (χ4v) is 2.16. The lowest BCUT2D eigenvalue weighted by Crippen LogP contribution is -2.37. The summed E-state index contributed by atoms with van der Waals surface area (Å²) in [5.74, 6) is -2.40. The van der Waals surface area contributed by atoms with Crippen molar-refractivity contribution in [2.75, 3.05) is 13.1 Å². The number of alkyl halides is 3. The summed E-state index contributed by atoms with van der Waals surface area (Å²) in [7, 11) is 0. The van der Waals surface area contributed by atoms with E-state index in [1.54, 1.807) is 4.90 Å². The summed E-state index contributed by atoms with van der Waals surface area (Å²) in [4.78, 5) is 13.3. The summed E-state index contributed by atoms with van der Waals surface area (Å²) in [5, 5.41) is 9.17. The van der Waals surface area contributed by atoms with Crippen molar-refractivity contribution >= 4 is 5.78 Å². The molecule has 1 N–H and O–H groups in total. The summed E-state index contributed by atoms with van der Waals surface area (Å²) in [6.07, 6.45) is -4.89. The van der Waals surface area contributed by atoms with E-state index in [9.17, 15) is 23.1 Å². The largest absolute Gasteiger partial charge is 0.504 e. The molecule has 0 unspecified atom stereocenters. The maximum atomic E-state index is 12.5. The number of aliphatic hydroxyl groups is 1. The molecule has 0 radical (unpaired) electrons. The first-order chi connectivity index (χ1) is 9.38. The van der Waals surface area contributed by atoms with Gasteiger partial charge in [0.15, 0.2) is 5.78 Å². The highest BCUT2D eigenvalue weighted by molar-refractivity contribution is 5.97. The number of likely N-dealkylation sites (tertiary alicyclic amines) is 1. The van der Waals surface area contributed by atoms with Gasteiger partial charge in [-0.25, -0.2) is 0 Å². The SMILES string of the molecule is O=C1CCN(Cc2ccccc2)CC1=C(O)C(F)(F)F. The summed E-state index contributed by atoms with van der Waals surface area (Å²) < 4.78 is 37.4. The molecule has 0 aromatic heterocycles. The Morgan fingerprint density at radius 2 is 1.90 bits per heavy atom. The number of ketones is 1. The van der Waals surface area contributed by atoms with Gasteiger partial charge in [0.1, 0.15) is 0 Å². The highest BCUT2D eigenvalue weighted by Gasteiger charge is 2.39. The zero-order chi connectivity index (χ0) is 14.8. The third kappa shape index (κ3) is 3.39. The monoisotopic (exact) mass is 285 g/mol. The third-order valence-corrected chi connectivity index (χ3v) is 3.18.